The molecule has 3 aromatic rings. The number of esters is 1. The second-order valence-electron chi connectivity index (χ2n) is 6.18. The minimum Gasteiger partial charge on any atom is -0.483 e. The van der Waals surface area contributed by atoms with Gasteiger partial charge in [-0.1, -0.05) is 6.07 Å². The molecule has 0 atom stereocenters. The first-order chi connectivity index (χ1) is 15.5. The number of benzene rings is 2. The van der Waals surface area contributed by atoms with Crippen LogP contribution in [0, 0.1) is 10.1 Å². The van der Waals surface area contributed by atoms with Crippen LogP contribution in [0.15, 0.2) is 82.5 Å². The Labute approximate surface area is 181 Å². The molecule has 0 aliphatic carbocycles. The number of nitro groups is 1. The van der Waals surface area contributed by atoms with Gasteiger partial charge in [-0.05, 0) is 54.1 Å². The van der Waals surface area contributed by atoms with Gasteiger partial charge in [-0.3, -0.25) is 14.9 Å². The van der Waals surface area contributed by atoms with Crippen molar-refractivity contribution in [3.63, 3.8) is 0 Å². The average molecular weight is 435 g/mol. The average Bonchev–Trinajstić information content (AvgIpc) is 3.31. The lowest BCUT2D eigenvalue weighted by molar-refractivity contribution is -0.384. The maximum atomic E-state index is 11.8. The predicted octanol–water partition coefficient (Wildman–Crippen LogP) is 3.34. The van der Waals surface area contributed by atoms with Gasteiger partial charge in [0.25, 0.3) is 11.6 Å². The maximum absolute atomic E-state index is 11.8. The summed E-state index contributed by atoms with van der Waals surface area (Å²) in [6.45, 7) is -0.362. The molecule has 162 valence electrons. The quantitative estimate of drug-likeness (QED) is 0.136. The summed E-state index contributed by atoms with van der Waals surface area (Å²) < 4.78 is 15.5. The number of furan rings is 1. The van der Waals surface area contributed by atoms with Gasteiger partial charge in [-0.15, -0.1) is 0 Å². The van der Waals surface area contributed by atoms with Crippen LogP contribution in [0.5, 0.6) is 11.5 Å². The van der Waals surface area contributed by atoms with Crippen LogP contribution in [0.25, 0.3) is 6.08 Å². The zero-order chi connectivity index (χ0) is 22.8. The van der Waals surface area contributed by atoms with Gasteiger partial charge in [-0.2, -0.15) is 5.10 Å². The fraction of sp³-hybridized carbons (Fsp3) is 0.0455. The van der Waals surface area contributed by atoms with Crippen LogP contribution in [0.3, 0.4) is 0 Å². The van der Waals surface area contributed by atoms with Crippen LogP contribution in [0.4, 0.5) is 5.69 Å². The molecule has 0 aliphatic heterocycles. The van der Waals surface area contributed by atoms with Crippen LogP contribution in [0.2, 0.25) is 0 Å². The van der Waals surface area contributed by atoms with Gasteiger partial charge in [0.1, 0.15) is 17.3 Å². The predicted molar refractivity (Wildman–Crippen MR) is 114 cm³/mol. The van der Waals surface area contributed by atoms with Gasteiger partial charge >= 0.3 is 5.97 Å². The zero-order valence-electron chi connectivity index (χ0n) is 16.5. The number of non-ortho nitro benzene ring substituents is 1. The number of hydrogen-bond donors (Lipinski definition) is 1. The summed E-state index contributed by atoms with van der Waals surface area (Å²) in [6.07, 6.45) is 5.64. The van der Waals surface area contributed by atoms with E-state index < -0.39 is 16.8 Å². The van der Waals surface area contributed by atoms with Crippen molar-refractivity contribution in [2.24, 2.45) is 5.10 Å². The minimum atomic E-state index is -0.557. The van der Waals surface area contributed by atoms with Crippen LogP contribution < -0.4 is 14.9 Å². The van der Waals surface area contributed by atoms with Crippen molar-refractivity contribution in [3.05, 3.63) is 94.4 Å². The Bertz CT molecular complexity index is 1140. The first kappa shape index (κ1) is 22.0. The molecular formula is C22H17N3O7. The number of rotatable bonds is 9. The van der Waals surface area contributed by atoms with E-state index in [1.54, 1.807) is 36.4 Å². The molecule has 0 fully saturated rings. The summed E-state index contributed by atoms with van der Waals surface area (Å²) in [7, 11) is 0. The molecule has 2 aromatic carbocycles. The highest BCUT2D eigenvalue weighted by Crippen LogP contribution is 2.18. The molecule has 0 saturated carbocycles. The number of ether oxygens (including phenoxy) is 2. The fourth-order valence-electron chi connectivity index (χ4n) is 2.36. The van der Waals surface area contributed by atoms with Gasteiger partial charge in [0.15, 0.2) is 6.61 Å². The molecule has 1 amide bonds. The van der Waals surface area contributed by atoms with E-state index in [-0.39, 0.29) is 18.0 Å². The third-order valence-electron chi connectivity index (χ3n) is 3.83. The molecule has 1 heterocycles. The van der Waals surface area contributed by atoms with E-state index in [0.717, 1.165) is 0 Å². The monoisotopic (exact) mass is 435 g/mol. The summed E-state index contributed by atoms with van der Waals surface area (Å²) in [5.74, 6) is -0.0281. The zero-order valence-corrected chi connectivity index (χ0v) is 16.5. The van der Waals surface area contributed by atoms with Crippen molar-refractivity contribution in [3.8, 4) is 11.5 Å². The topological polar surface area (TPSA) is 133 Å². The highest BCUT2D eigenvalue weighted by Gasteiger charge is 2.08. The van der Waals surface area contributed by atoms with Gasteiger partial charge in [0, 0.05) is 12.1 Å². The Hall–Kier alpha value is -4.73. The van der Waals surface area contributed by atoms with Crippen molar-refractivity contribution in [1.82, 2.24) is 5.43 Å². The van der Waals surface area contributed by atoms with Crippen LogP contribution in [-0.4, -0.2) is 29.6 Å². The first-order valence-corrected chi connectivity index (χ1v) is 9.22. The SMILES string of the molecule is O=C(COc1cccc([N+](=O)[O-])c1)N/N=C/c1ccc(OC(=O)/C=C/c2ccco2)cc1. The number of carbonyl (C=O) groups is 2. The van der Waals surface area contributed by atoms with Crippen molar-refractivity contribution < 1.29 is 28.4 Å². The maximum Gasteiger partial charge on any atom is 0.336 e. The molecule has 3 rings (SSSR count). The van der Waals surface area contributed by atoms with Gasteiger partial charge in [0.05, 0.1) is 23.5 Å². The molecular weight excluding hydrogens is 418 g/mol. The normalized spacial score (nSPS) is 10.9. The number of hydrazone groups is 1. The highest BCUT2D eigenvalue weighted by molar-refractivity contribution is 5.88. The smallest absolute Gasteiger partial charge is 0.336 e. The summed E-state index contributed by atoms with van der Waals surface area (Å²) in [6, 6.07) is 15.4. The Kier molecular flexibility index (Phi) is 7.47. The molecule has 0 radical (unpaired) electrons. The fourth-order valence-corrected chi connectivity index (χ4v) is 2.36. The Balaban J connectivity index is 1.43. The molecule has 1 aromatic heterocycles. The molecule has 10 nitrogen and oxygen atoms in total. The first-order valence-electron chi connectivity index (χ1n) is 9.22. The molecule has 10 heteroatoms. The van der Waals surface area contributed by atoms with E-state index in [2.05, 4.69) is 10.5 Å². The largest absolute Gasteiger partial charge is 0.483 e. The lowest BCUT2D eigenvalue weighted by atomic mass is 10.2. The number of amides is 1. The molecule has 0 aliphatic rings. The second kappa shape index (κ2) is 10.9. The lowest BCUT2D eigenvalue weighted by Gasteiger charge is -2.04. The number of carbonyl (C=O) groups excluding carboxylic acids is 2. The van der Waals surface area contributed by atoms with E-state index in [1.807, 2.05) is 0 Å². The van der Waals surface area contributed by atoms with E-state index in [4.69, 9.17) is 13.9 Å². The Morgan fingerprint density at radius 2 is 1.91 bits per heavy atom. The van der Waals surface area contributed by atoms with Crippen LogP contribution >= 0.6 is 0 Å². The van der Waals surface area contributed by atoms with Crippen LogP contribution in [-0.2, 0) is 9.59 Å². The molecule has 0 spiro atoms. The summed E-state index contributed by atoms with van der Waals surface area (Å²) in [4.78, 5) is 33.8. The van der Waals surface area contributed by atoms with E-state index >= 15 is 0 Å². The van der Waals surface area contributed by atoms with Gasteiger partial charge in [-0.25, -0.2) is 10.2 Å². The van der Waals surface area contributed by atoms with Gasteiger partial charge < -0.3 is 13.9 Å². The van der Waals surface area contributed by atoms with Crippen LogP contribution in [0.1, 0.15) is 11.3 Å². The molecule has 0 saturated heterocycles. The third-order valence-corrected chi connectivity index (χ3v) is 3.83. The molecule has 0 bridgehead atoms. The van der Waals surface area contributed by atoms with Crippen molar-refractivity contribution in [2.75, 3.05) is 6.61 Å². The summed E-state index contributed by atoms with van der Waals surface area (Å²) in [5.41, 5.74) is 2.80. The van der Waals surface area contributed by atoms with Gasteiger partial charge in [0.2, 0.25) is 0 Å². The van der Waals surface area contributed by atoms with E-state index in [9.17, 15) is 19.7 Å². The third kappa shape index (κ3) is 6.95. The number of hydrogen-bond acceptors (Lipinski definition) is 8. The summed E-state index contributed by atoms with van der Waals surface area (Å²) >= 11 is 0. The number of nitrogens with zero attached hydrogens (tertiary/aromatic N) is 2. The minimum absolute atomic E-state index is 0.136. The van der Waals surface area contributed by atoms with E-state index in [0.29, 0.717) is 17.1 Å². The lowest BCUT2D eigenvalue weighted by Crippen LogP contribution is -2.24. The molecule has 0 unspecified atom stereocenters. The van der Waals surface area contributed by atoms with Crippen molar-refractivity contribution in [2.45, 2.75) is 0 Å². The second-order valence-corrected chi connectivity index (χ2v) is 6.18. The Morgan fingerprint density at radius 3 is 2.62 bits per heavy atom. The Morgan fingerprint density at radius 1 is 1.09 bits per heavy atom. The molecule has 32 heavy (non-hydrogen) atoms. The van der Waals surface area contributed by atoms with E-state index in [1.165, 1.54) is 48.9 Å². The standard InChI is InChI=1S/C22H17N3O7/c26-21(15-31-20-4-1-3-17(13-20)25(28)29)24-23-14-16-6-8-19(9-7-16)32-22(27)11-10-18-5-2-12-30-18/h1-14H,15H2,(H,24,26)/b11-10+,23-14+. The number of nitrogens with one attached hydrogen (secondary N) is 1. The number of nitro benzene ring substituents is 1. The summed E-state index contributed by atoms with van der Waals surface area (Å²) in [5, 5.41) is 14.5. The highest BCUT2D eigenvalue weighted by atomic mass is 16.6. The van der Waals surface area contributed by atoms with Crippen molar-refractivity contribution in [1.29, 1.82) is 0 Å². The van der Waals surface area contributed by atoms with Crippen molar-refractivity contribution >= 4 is 29.9 Å². The molecule has 1 N–H and O–H groups in total.